The Balaban J connectivity index is 1.97. The van der Waals surface area contributed by atoms with Crippen LogP contribution < -0.4 is 0 Å². The first-order chi connectivity index (χ1) is 9.84. The maximum absolute atomic E-state index is 12.8. The van der Waals surface area contributed by atoms with Gasteiger partial charge in [0.1, 0.15) is 0 Å². The lowest BCUT2D eigenvalue weighted by Crippen LogP contribution is -2.18. The number of ketones is 1. The average molecular weight is 260 g/mol. The second-order valence-corrected chi connectivity index (χ2v) is 4.92. The van der Waals surface area contributed by atoms with Crippen LogP contribution in [0.5, 0.6) is 0 Å². The van der Waals surface area contributed by atoms with Gasteiger partial charge in [0.25, 0.3) is 0 Å². The summed E-state index contributed by atoms with van der Waals surface area (Å²) in [6.07, 6.45) is 4.39. The van der Waals surface area contributed by atoms with Crippen LogP contribution in [0.15, 0.2) is 60.9 Å². The number of aromatic nitrogens is 2. The van der Waals surface area contributed by atoms with Crippen LogP contribution in [0.1, 0.15) is 27.0 Å². The normalized spacial score (nSPS) is 12.9. The Bertz CT molecular complexity index is 804. The fourth-order valence-electron chi connectivity index (χ4n) is 2.83. The molecule has 0 fully saturated rings. The molecule has 0 radical (unpaired) electrons. The van der Waals surface area contributed by atoms with E-state index in [0.717, 1.165) is 34.4 Å². The van der Waals surface area contributed by atoms with E-state index in [9.17, 15) is 4.79 Å². The molecule has 1 aromatic heterocycles. The molecule has 0 N–H and O–H groups in total. The molecule has 0 atom stereocenters. The van der Waals surface area contributed by atoms with E-state index in [-0.39, 0.29) is 5.78 Å². The van der Waals surface area contributed by atoms with Crippen molar-refractivity contribution in [3.05, 3.63) is 83.2 Å². The Morgan fingerprint density at radius 3 is 2.65 bits per heavy atom. The third-order valence-corrected chi connectivity index (χ3v) is 3.75. The molecule has 0 amide bonds. The summed E-state index contributed by atoms with van der Waals surface area (Å²) in [5.74, 6) is 0.0907. The Kier molecular flexibility index (Phi) is 2.33. The van der Waals surface area contributed by atoms with Gasteiger partial charge in [-0.3, -0.25) is 4.79 Å². The lowest BCUT2D eigenvalue weighted by molar-refractivity contribution is 0.103. The van der Waals surface area contributed by atoms with E-state index in [1.54, 1.807) is 10.9 Å². The van der Waals surface area contributed by atoms with Gasteiger partial charge in [-0.05, 0) is 29.7 Å². The van der Waals surface area contributed by atoms with Gasteiger partial charge in [-0.1, -0.05) is 36.4 Å². The molecule has 0 aliphatic heterocycles. The minimum Gasteiger partial charge on any atom is -0.289 e. The molecule has 0 saturated carbocycles. The van der Waals surface area contributed by atoms with Crippen LogP contribution in [0.4, 0.5) is 0 Å². The van der Waals surface area contributed by atoms with Gasteiger partial charge in [-0.15, -0.1) is 0 Å². The van der Waals surface area contributed by atoms with Crippen molar-refractivity contribution in [2.75, 3.05) is 0 Å². The van der Waals surface area contributed by atoms with Crippen LogP contribution in [-0.2, 0) is 6.42 Å². The molecule has 3 heteroatoms. The monoisotopic (exact) mass is 260 g/mol. The first kappa shape index (κ1) is 11.2. The summed E-state index contributed by atoms with van der Waals surface area (Å²) in [7, 11) is 0. The molecule has 1 aliphatic carbocycles. The molecule has 4 rings (SSSR count). The van der Waals surface area contributed by atoms with Crippen molar-refractivity contribution in [2.45, 2.75) is 6.42 Å². The molecule has 0 spiro atoms. The lowest BCUT2D eigenvalue weighted by atomic mass is 9.84. The van der Waals surface area contributed by atoms with Crippen molar-refractivity contribution in [3.8, 4) is 5.69 Å². The predicted octanol–water partition coefficient (Wildman–Crippen LogP) is 3.01. The van der Waals surface area contributed by atoms with Crippen molar-refractivity contribution in [3.63, 3.8) is 0 Å². The summed E-state index contributed by atoms with van der Waals surface area (Å²) in [6.45, 7) is 0. The number of nitrogens with zero attached hydrogens (tertiary/aromatic N) is 2. The number of hydrogen-bond donors (Lipinski definition) is 0. The van der Waals surface area contributed by atoms with Crippen LogP contribution in [0.25, 0.3) is 5.69 Å². The highest BCUT2D eigenvalue weighted by Gasteiger charge is 2.25. The zero-order valence-electron chi connectivity index (χ0n) is 10.8. The highest BCUT2D eigenvalue weighted by Crippen LogP contribution is 2.30. The van der Waals surface area contributed by atoms with Crippen molar-refractivity contribution in [1.29, 1.82) is 0 Å². The van der Waals surface area contributed by atoms with Gasteiger partial charge in [0.05, 0.1) is 11.3 Å². The van der Waals surface area contributed by atoms with Crippen molar-refractivity contribution < 1.29 is 4.79 Å². The summed E-state index contributed by atoms with van der Waals surface area (Å²) in [5.41, 5.74) is 4.60. The quantitative estimate of drug-likeness (QED) is 0.527. The summed E-state index contributed by atoms with van der Waals surface area (Å²) in [5, 5.41) is 4.25. The van der Waals surface area contributed by atoms with Gasteiger partial charge in [-0.25, -0.2) is 4.68 Å². The molecule has 2 aromatic carbocycles. The maximum Gasteiger partial charge on any atom is 0.195 e. The highest BCUT2D eigenvalue weighted by atomic mass is 16.1. The van der Waals surface area contributed by atoms with Gasteiger partial charge in [0.15, 0.2) is 5.78 Å². The highest BCUT2D eigenvalue weighted by molar-refractivity contribution is 6.14. The third kappa shape index (κ3) is 1.53. The largest absolute Gasteiger partial charge is 0.289 e. The molecule has 96 valence electrons. The topological polar surface area (TPSA) is 34.9 Å². The van der Waals surface area contributed by atoms with Crippen LogP contribution in [-0.4, -0.2) is 15.6 Å². The molecular formula is C17H12N2O. The Morgan fingerprint density at radius 1 is 0.950 bits per heavy atom. The first-order valence-corrected chi connectivity index (χ1v) is 6.59. The van der Waals surface area contributed by atoms with E-state index in [4.69, 9.17) is 0 Å². The standard InChI is InChI=1S/C17H12N2O/c20-17-14-7-2-1-5-12(14)11-13-6-3-8-15(16(13)17)19-10-4-9-18-19/h1-10H,11H2. The Morgan fingerprint density at radius 2 is 1.80 bits per heavy atom. The molecular weight excluding hydrogens is 248 g/mol. The maximum atomic E-state index is 12.8. The van der Waals surface area contributed by atoms with E-state index < -0.39 is 0 Å². The Hall–Kier alpha value is -2.68. The van der Waals surface area contributed by atoms with Crippen LogP contribution in [0.3, 0.4) is 0 Å². The van der Waals surface area contributed by atoms with Gasteiger partial charge >= 0.3 is 0 Å². The first-order valence-electron chi connectivity index (χ1n) is 6.59. The smallest absolute Gasteiger partial charge is 0.195 e. The lowest BCUT2D eigenvalue weighted by Gasteiger charge is -2.20. The molecule has 0 bridgehead atoms. The number of hydrogen-bond acceptors (Lipinski definition) is 2. The van der Waals surface area contributed by atoms with Gasteiger partial charge < -0.3 is 0 Å². The van der Waals surface area contributed by atoms with E-state index >= 15 is 0 Å². The molecule has 1 heterocycles. The summed E-state index contributed by atoms with van der Waals surface area (Å²) < 4.78 is 1.75. The molecule has 3 aromatic rings. The predicted molar refractivity (Wildman–Crippen MR) is 76.2 cm³/mol. The van der Waals surface area contributed by atoms with E-state index in [0.29, 0.717) is 0 Å². The SMILES string of the molecule is O=C1c2ccccc2Cc2cccc(-n3cccn3)c21. The van der Waals surface area contributed by atoms with Crippen molar-refractivity contribution in [1.82, 2.24) is 9.78 Å². The minimum atomic E-state index is 0.0907. The summed E-state index contributed by atoms with van der Waals surface area (Å²) in [4.78, 5) is 12.8. The third-order valence-electron chi connectivity index (χ3n) is 3.75. The Labute approximate surface area is 116 Å². The van der Waals surface area contributed by atoms with Crippen molar-refractivity contribution >= 4 is 5.78 Å². The number of fused-ring (bicyclic) bond motifs is 2. The zero-order chi connectivity index (χ0) is 13.5. The fourth-order valence-corrected chi connectivity index (χ4v) is 2.83. The van der Waals surface area contributed by atoms with Gasteiger partial charge in [0, 0.05) is 18.0 Å². The molecule has 0 unspecified atom stereocenters. The zero-order valence-corrected chi connectivity index (χ0v) is 10.8. The van der Waals surface area contributed by atoms with E-state index in [1.807, 2.05) is 54.7 Å². The summed E-state index contributed by atoms with van der Waals surface area (Å²) >= 11 is 0. The summed E-state index contributed by atoms with van der Waals surface area (Å²) in [6, 6.07) is 15.6. The van der Waals surface area contributed by atoms with Crippen LogP contribution in [0.2, 0.25) is 0 Å². The molecule has 0 saturated heterocycles. The second kappa shape index (κ2) is 4.17. The number of benzene rings is 2. The molecule has 20 heavy (non-hydrogen) atoms. The van der Waals surface area contributed by atoms with Crippen LogP contribution in [0, 0.1) is 0 Å². The van der Waals surface area contributed by atoms with Crippen molar-refractivity contribution in [2.24, 2.45) is 0 Å². The number of carbonyl (C=O) groups excluding carboxylic acids is 1. The van der Waals surface area contributed by atoms with E-state index in [1.165, 1.54) is 0 Å². The molecule has 1 aliphatic rings. The second-order valence-electron chi connectivity index (χ2n) is 4.92. The van der Waals surface area contributed by atoms with E-state index in [2.05, 4.69) is 5.10 Å². The number of rotatable bonds is 1. The fraction of sp³-hybridized carbons (Fsp3) is 0.0588. The average Bonchev–Trinajstić information content (AvgIpc) is 3.01. The number of carbonyl (C=O) groups is 1. The van der Waals surface area contributed by atoms with Crippen LogP contribution >= 0.6 is 0 Å². The van der Waals surface area contributed by atoms with Gasteiger partial charge in [0.2, 0.25) is 0 Å². The van der Waals surface area contributed by atoms with Gasteiger partial charge in [-0.2, -0.15) is 5.10 Å². The molecule has 3 nitrogen and oxygen atoms in total. The minimum absolute atomic E-state index is 0.0907.